The van der Waals surface area contributed by atoms with Crippen molar-refractivity contribution in [2.24, 2.45) is 5.92 Å². The van der Waals surface area contributed by atoms with Crippen molar-refractivity contribution in [2.75, 3.05) is 31.1 Å². The van der Waals surface area contributed by atoms with Crippen LogP contribution < -0.4 is 10.2 Å². The number of hydrogen-bond acceptors (Lipinski definition) is 5. The van der Waals surface area contributed by atoms with Crippen LogP contribution in [0.3, 0.4) is 0 Å². The highest BCUT2D eigenvalue weighted by atomic mass is 16.3. The Balaban J connectivity index is 1.22. The highest BCUT2D eigenvalue weighted by molar-refractivity contribution is 5.44. The van der Waals surface area contributed by atoms with Gasteiger partial charge >= 0.3 is 0 Å². The van der Waals surface area contributed by atoms with Crippen LogP contribution in [0.1, 0.15) is 56.2 Å². The molecule has 0 bridgehead atoms. The minimum atomic E-state index is -0.453. The van der Waals surface area contributed by atoms with Crippen molar-refractivity contribution in [3.05, 3.63) is 17.3 Å². The van der Waals surface area contributed by atoms with Gasteiger partial charge in [-0.15, -0.1) is 5.10 Å². The lowest BCUT2D eigenvalue weighted by atomic mass is 9.85. The summed E-state index contributed by atoms with van der Waals surface area (Å²) in [4.78, 5) is 2.34. The fourth-order valence-corrected chi connectivity index (χ4v) is 4.41. The van der Waals surface area contributed by atoms with Crippen LogP contribution in [0.15, 0.2) is 6.07 Å². The maximum atomic E-state index is 10.5. The molecule has 0 aromatic carbocycles. The first-order valence-electron chi connectivity index (χ1n) is 9.75. The van der Waals surface area contributed by atoms with Crippen LogP contribution in [0.5, 0.6) is 0 Å². The average Bonchev–Trinajstić information content (AvgIpc) is 2.57. The van der Waals surface area contributed by atoms with Crippen molar-refractivity contribution in [3.63, 3.8) is 0 Å². The van der Waals surface area contributed by atoms with Crippen molar-refractivity contribution in [1.29, 1.82) is 0 Å². The van der Waals surface area contributed by atoms with Gasteiger partial charge in [0.2, 0.25) is 0 Å². The number of nitrogens with one attached hydrogen (secondary N) is 1. The molecule has 5 heteroatoms. The van der Waals surface area contributed by atoms with E-state index in [1.807, 2.05) is 0 Å². The molecule has 3 aliphatic rings. The Bertz CT molecular complexity index is 564. The predicted octanol–water partition coefficient (Wildman–Crippen LogP) is 2.08. The molecule has 0 amide bonds. The second kappa shape index (κ2) is 6.96. The van der Waals surface area contributed by atoms with Gasteiger partial charge in [-0.05, 0) is 50.2 Å². The third kappa shape index (κ3) is 3.57. The molecule has 1 aliphatic heterocycles. The Labute approximate surface area is 144 Å². The minimum absolute atomic E-state index is 0.453. The van der Waals surface area contributed by atoms with Crippen molar-refractivity contribution >= 4 is 5.82 Å². The average molecular weight is 330 g/mol. The Kier molecular flexibility index (Phi) is 4.72. The second-order valence-corrected chi connectivity index (χ2v) is 8.07. The minimum Gasteiger partial charge on any atom is -0.389 e. The Morgan fingerprint density at radius 3 is 2.71 bits per heavy atom. The number of rotatable bonds is 5. The van der Waals surface area contributed by atoms with E-state index in [0.29, 0.717) is 5.92 Å². The lowest BCUT2D eigenvalue weighted by molar-refractivity contribution is 0.00411. The van der Waals surface area contributed by atoms with Crippen molar-refractivity contribution < 1.29 is 5.11 Å². The first-order chi connectivity index (χ1) is 11.7. The first kappa shape index (κ1) is 16.3. The summed E-state index contributed by atoms with van der Waals surface area (Å²) in [6.45, 7) is 3.86. The van der Waals surface area contributed by atoms with Crippen LogP contribution in [0.25, 0.3) is 0 Å². The Morgan fingerprint density at radius 1 is 1.08 bits per heavy atom. The van der Waals surface area contributed by atoms with Gasteiger partial charge in [-0.3, -0.25) is 0 Å². The van der Waals surface area contributed by atoms with Crippen LogP contribution in [0.4, 0.5) is 5.82 Å². The van der Waals surface area contributed by atoms with Gasteiger partial charge in [-0.2, -0.15) is 5.10 Å². The van der Waals surface area contributed by atoms with Gasteiger partial charge in [-0.1, -0.05) is 19.3 Å². The molecule has 1 aromatic heterocycles. The SMILES string of the molecule is OC1(CNCC2CN(c3cc4c(nn3)CCCC4)C2)CCCCC1. The molecular weight excluding hydrogens is 300 g/mol. The molecule has 0 unspecified atom stereocenters. The molecule has 4 rings (SSSR count). The summed E-state index contributed by atoms with van der Waals surface area (Å²) in [7, 11) is 0. The monoisotopic (exact) mass is 330 g/mol. The molecule has 24 heavy (non-hydrogen) atoms. The number of anilines is 1. The maximum absolute atomic E-state index is 10.5. The van der Waals surface area contributed by atoms with E-state index in [-0.39, 0.29) is 0 Å². The van der Waals surface area contributed by atoms with Crippen LogP contribution in [0.2, 0.25) is 0 Å². The van der Waals surface area contributed by atoms with Gasteiger partial charge in [0.1, 0.15) is 0 Å². The Morgan fingerprint density at radius 2 is 1.88 bits per heavy atom. The quantitative estimate of drug-likeness (QED) is 0.865. The highest BCUT2D eigenvalue weighted by Gasteiger charge is 2.31. The summed E-state index contributed by atoms with van der Waals surface area (Å²) in [5.74, 6) is 1.72. The van der Waals surface area contributed by atoms with Gasteiger partial charge in [0, 0.05) is 32.1 Å². The molecular formula is C19H30N4O. The van der Waals surface area contributed by atoms with Gasteiger partial charge in [0.05, 0.1) is 11.3 Å². The van der Waals surface area contributed by atoms with E-state index in [1.165, 1.54) is 43.4 Å². The predicted molar refractivity (Wildman–Crippen MR) is 95.3 cm³/mol. The van der Waals surface area contributed by atoms with E-state index < -0.39 is 5.60 Å². The molecule has 132 valence electrons. The maximum Gasteiger partial charge on any atom is 0.151 e. The smallest absolute Gasteiger partial charge is 0.151 e. The Hall–Kier alpha value is -1.20. The number of nitrogens with zero attached hydrogens (tertiary/aromatic N) is 3. The number of fused-ring (bicyclic) bond motifs is 1. The van der Waals surface area contributed by atoms with E-state index >= 15 is 0 Å². The van der Waals surface area contributed by atoms with Crippen molar-refractivity contribution in [1.82, 2.24) is 15.5 Å². The summed E-state index contributed by atoms with van der Waals surface area (Å²) in [6, 6.07) is 2.26. The normalized spacial score (nSPS) is 23.6. The van der Waals surface area contributed by atoms with Gasteiger partial charge < -0.3 is 15.3 Å². The summed E-state index contributed by atoms with van der Waals surface area (Å²) in [5, 5.41) is 22.9. The number of aliphatic hydroxyl groups is 1. The van der Waals surface area contributed by atoms with E-state index in [1.54, 1.807) is 0 Å². The summed E-state index contributed by atoms with van der Waals surface area (Å²) >= 11 is 0. The van der Waals surface area contributed by atoms with Crippen LogP contribution >= 0.6 is 0 Å². The number of aromatic nitrogens is 2. The molecule has 2 N–H and O–H groups in total. The molecule has 1 saturated carbocycles. The van der Waals surface area contributed by atoms with Crippen LogP contribution in [-0.2, 0) is 12.8 Å². The largest absolute Gasteiger partial charge is 0.389 e. The molecule has 2 heterocycles. The fraction of sp³-hybridized carbons (Fsp3) is 0.789. The molecule has 1 saturated heterocycles. The van der Waals surface area contributed by atoms with E-state index in [0.717, 1.165) is 57.7 Å². The summed E-state index contributed by atoms with van der Waals surface area (Å²) in [5.41, 5.74) is 2.17. The second-order valence-electron chi connectivity index (χ2n) is 8.07. The molecule has 0 spiro atoms. The van der Waals surface area contributed by atoms with E-state index in [2.05, 4.69) is 26.5 Å². The third-order valence-corrected chi connectivity index (χ3v) is 6.01. The van der Waals surface area contributed by atoms with Gasteiger partial charge in [0.15, 0.2) is 5.82 Å². The van der Waals surface area contributed by atoms with Crippen molar-refractivity contribution in [2.45, 2.75) is 63.4 Å². The fourth-order valence-electron chi connectivity index (χ4n) is 4.41. The molecule has 2 aliphatic carbocycles. The standard InChI is InChI=1S/C19H30N4O/c24-19(8-4-1-5-9-19)14-20-11-15-12-23(13-15)18-10-16-6-2-3-7-17(16)21-22-18/h10,15,20,24H,1-9,11-14H2. The zero-order valence-corrected chi connectivity index (χ0v) is 14.6. The van der Waals surface area contributed by atoms with Gasteiger partial charge in [0.25, 0.3) is 0 Å². The molecule has 1 aromatic rings. The van der Waals surface area contributed by atoms with Crippen LogP contribution in [-0.4, -0.2) is 47.1 Å². The molecule has 0 atom stereocenters. The highest BCUT2D eigenvalue weighted by Crippen LogP contribution is 2.28. The number of hydrogen-bond donors (Lipinski definition) is 2. The zero-order chi connectivity index (χ0) is 16.4. The molecule has 0 radical (unpaired) electrons. The van der Waals surface area contributed by atoms with Crippen molar-refractivity contribution in [3.8, 4) is 0 Å². The topological polar surface area (TPSA) is 61.3 Å². The summed E-state index contributed by atoms with van der Waals surface area (Å²) < 4.78 is 0. The molecule has 2 fully saturated rings. The van der Waals surface area contributed by atoms with E-state index in [4.69, 9.17) is 0 Å². The third-order valence-electron chi connectivity index (χ3n) is 6.01. The number of aryl methyl sites for hydroxylation is 2. The lowest BCUT2D eigenvalue weighted by Crippen LogP contribution is -2.53. The van der Waals surface area contributed by atoms with Gasteiger partial charge in [-0.25, -0.2) is 0 Å². The lowest BCUT2D eigenvalue weighted by Gasteiger charge is -2.41. The first-order valence-corrected chi connectivity index (χ1v) is 9.75. The molecule has 5 nitrogen and oxygen atoms in total. The zero-order valence-electron chi connectivity index (χ0n) is 14.6. The van der Waals surface area contributed by atoms with Crippen LogP contribution in [0, 0.1) is 5.92 Å². The van der Waals surface area contributed by atoms with E-state index in [9.17, 15) is 5.11 Å². The summed E-state index contributed by atoms with van der Waals surface area (Å²) in [6.07, 6.45) is 10.3.